The lowest BCUT2D eigenvalue weighted by atomic mass is 10.1. The molecule has 1 unspecified atom stereocenters. The Labute approximate surface area is 132 Å². The summed E-state index contributed by atoms with van der Waals surface area (Å²) in [4.78, 5) is 0.205. The average molecular weight is 331 g/mol. The van der Waals surface area contributed by atoms with Crippen molar-refractivity contribution in [2.75, 3.05) is 12.3 Å². The SMILES string of the molecule is CCC1CCCCCN1S(=O)(=O)c1cc(N)c(C)c(Cl)c1. The van der Waals surface area contributed by atoms with Crippen LogP contribution in [0.4, 0.5) is 5.69 Å². The van der Waals surface area contributed by atoms with Crippen molar-refractivity contribution in [1.29, 1.82) is 0 Å². The van der Waals surface area contributed by atoms with Crippen LogP contribution in [0.1, 0.15) is 44.6 Å². The van der Waals surface area contributed by atoms with Gasteiger partial charge in [-0.05, 0) is 43.9 Å². The second kappa shape index (κ2) is 6.55. The second-order valence-corrected chi connectivity index (χ2v) is 7.94. The summed E-state index contributed by atoms with van der Waals surface area (Å²) >= 11 is 6.10. The van der Waals surface area contributed by atoms with Crippen molar-refractivity contribution < 1.29 is 8.42 Å². The van der Waals surface area contributed by atoms with Crippen LogP contribution in [0.25, 0.3) is 0 Å². The molecule has 0 spiro atoms. The number of hydrogen-bond acceptors (Lipinski definition) is 3. The molecule has 2 rings (SSSR count). The van der Waals surface area contributed by atoms with Crippen molar-refractivity contribution in [1.82, 2.24) is 4.31 Å². The normalized spacial score (nSPS) is 21.2. The lowest BCUT2D eigenvalue weighted by Crippen LogP contribution is -2.39. The maximum atomic E-state index is 12.9. The van der Waals surface area contributed by atoms with Gasteiger partial charge in [-0.25, -0.2) is 8.42 Å². The molecule has 1 aliphatic heterocycles. The summed E-state index contributed by atoms with van der Waals surface area (Å²) in [5.41, 5.74) is 7.02. The number of sulfonamides is 1. The smallest absolute Gasteiger partial charge is 0.243 e. The largest absolute Gasteiger partial charge is 0.398 e. The molecule has 1 aromatic rings. The van der Waals surface area contributed by atoms with E-state index < -0.39 is 10.0 Å². The molecule has 0 radical (unpaired) electrons. The van der Waals surface area contributed by atoms with E-state index in [1.54, 1.807) is 11.2 Å². The van der Waals surface area contributed by atoms with Gasteiger partial charge in [-0.2, -0.15) is 4.31 Å². The van der Waals surface area contributed by atoms with E-state index in [0.29, 0.717) is 17.3 Å². The number of nitrogens with two attached hydrogens (primary N) is 1. The third-order valence-electron chi connectivity index (χ3n) is 4.26. The van der Waals surface area contributed by atoms with Crippen molar-refractivity contribution in [2.24, 2.45) is 0 Å². The number of benzene rings is 1. The van der Waals surface area contributed by atoms with Crippen molar-refractivity contribution in [3.63, 3.8) is 0 Å². The molecule has 0 amide bonds. The summed E-state index contributed by atoms with van der Waals surface area (Å²) in [6.07, 6.45) is 4.82. The zero-order valence-corrected chi connectivity index (χ0v) is 14.2. The fourth-order valence-corrected chi connectivity index (χ4v) is 4.95. The fourth-order valence-electron chi connectivity index (χ4n) is 2.83. The third-order valence-corrected chi connectivity index (χ3v) is 6.58. The molecule has 1 aromatic carbocycles. The zero-order chi connectivity index (χ0) is 15.6. The van der Waals surface area contributed by atoms with E-state index in [1.165, 1.54) is 12.1 Å². The van der Waals surface area contributed by atoms with Crippen LogP contribution in [0.15, 0.2) is 17.0 Å². The Morgan fingerprint density at radius 3 is 2.67 bits per heavy atom. The van der Waals surface area contributed by atoms with E-state index in [1.807, 2.05) is 6.92 Å². The Bertz CT molecular complexity index is 593. The van der Waals surface area contributed by atoms with Gasteiger partial charge in [-0.3, -0.25) is 0 Å². The Hall–Kier alpha value is -0.780. The first-order chi connectivity index (χ1) is 9.87. The molecule has 0 bridgehead atoms. The lowest BCUT2D eigenvalue weighted by molar-refractivity contribution is 0.315. The minimum Gasteiger partial charge on any atom is -0.398 e. The molecule has 1 saturated heterocycles. The highest BCUT2D eigenvalue weighted by Crippen LogP contribution is 2.31. The van der Waals surface area contributed by atoms with Gasteiger partial charge in [-0.15, -0.1) is 0 Å². The van der Waals surface area contributed by atoms with Crippen LogP contribution >= 0.6 is 11.6 Å². The van der Waals surface area contributed by atoms with Gasteiger partial charge in [0.25, 0.3) is 0 Å². The predicted octanol–water partition coefficient (Wildman–Crippen LogP) is 3.57. The standard InChI is InChI=1S/C15H23ClN2O2S/c1-3-12-7-5-4-6-8-18(12)21(19,20)13-9-14(16)11(2)15(17)10-13/h9-10,12H,3-8,17H2,1-2H3. The average Bonchev–Trinajstić information content (AvgIpc) is 2.69. The lowest BCUT2D eigenvalue weighted by Gasteiger charge is -2.28. The molecule has 1 atom stereocenters. The number of nitrogens with zero attached hydrogens (tertiary/aromatic N) is 1. The summed E-state index contributed by atoms with van der Waals surface area (Å²) in [5.74, 6) is 0. The van der Waals surface area contributed by atoms with Crippen molar-refractivity contribution >= 4 is 27.3 Å². The van der Waals surface area contributed by atoms with E-state index >= 15 is 0 Å². The maximum absolute atomic E-state index is 12.9. The van der Waals surface area contributed by atoms with Gasteiger partial charge in [0.2, 0.25) is 10.0 Å². The molecule has 0 saturated carbocycles. The van der Waals surface area contributed by atoms with Crippen molar-refractivity contribution in [3.8, 4) is 0 Å². The van der Waals surface area contributed by atoms with Crippen LogP contribution < -0.4 is 5.73 Å². The van der Waals surface area contributed by atoms with Crippen LogP contribution in [-0.4, -0.2) is 25.3 Å². The summed E-state index contributed by atoms with van der Waals surface area (Å²) < 4.78 is 27.5. The molecule has 4 nitrogen and oxygen atoms in total. The minimum atomic E-state index is -3.54. The number of halogens is 1. The summed E-state index contributed by atoms with van der Waals surface area (Å²) in [6.45, 7) is 4.40. The van der Waals surface area contributed by atoms with Gasteiger partial charge in [0.1, 0.15) is 0 Å². The van der Waals surface area contributed by atoms with Crippen LogP contribution in [0.3, 0.4) is 0 Å². The molecular formula is C15H23ClN2O2S. The quantitative estimate of drug-likeness (QED) is 0.862. The van der Waals surface area contributed by atoms with Gasteiger partial charge < -0.3 is 5.73 Å². The highest BCUT2D eigenvalue weighted by molar-refractivity contribution is 7.89. The number of anilines is 1. The van der Waals surface area contributed by atoms with Gasteiger partial charge >= 0.3 is 0 Å². The zero-order valence-electron chi connectivity index (χ0n) is 12.6. The summed E-state index contributed by atoms with van der Waals surface area (Å²) in [5, 5.41) is 0.399. The third kappa shape index (κ3) is 3.35. The number of nitrogen functional groups attached to an aromatic ring is 1. The van der Waals surface area contributed by atoms with Crippen molar-refractivity contribution in [3.05, 3.63) is 22.7 Å². The monoisotopic (exact) mass is 330 g/mol. The van der Waals surface area contributed by atoms with Gasteiger partial charge in [-0.1, -0.05) is 31.4 Å². The summed E-state index contributed by atoms with van der Waals surface area (Å²) in [7, 11) is -3.54. The Morgan fingerprint density at radius 2 is 2.05 bits per heavy atom. The Balaban J connectivity index is 2.44. The van der Waals surface area contributed by atoms with Crippen LogP contribution in [0.2, 0.25) is 5.02 Å². The molecule has 2 N–H and O–H groups in total. The van der Waals surface area contributed by atoms with Crippen LogP contribution in [0.5, 0.6) is 0 Å². The van der Waals surface area contributed by atoms with E-state index in [2.05, 4.69) is 0 Å². The molecule has 21 heavy (non-hydrogen) atoms. The molecule has 118 valence electrons. The van der Waals surface area contributed by atoms with Gasteiger partial charge in [0, 0.05) is 23.3 Å². The molecule has 1 aliphatic rings. The molecule has 1 fully saturated rings. The maximum Gasteiger partial charge on any atom is 0.243 e. The first kappa shape index (κ1) is 16.6. The second-order valence-electron chi connectivity index (χ2n) is 5.65. The van der Waals surface area contributed by atoms with E-state index in [4.69, 9.17) is 17.3 Å². The minimum absolute atomic E-state index is 0.0683. The number of hydrogen-bond donors (Lipinski definition) is 1. The topological polar surface area (TPSA) is 63.4 Å². The molecule has 1 heterocycles. The highest BCUT2D eigenvalue weighted by atomic mass is 35.5. The summed E-state index contributed by atoms with van der Waals surface area (Å²) in [6, 6.07) is 3.10. The molecule has 0 aliphatic carbocycles. The van der Waals surface area contributed by atoms with Gasteiger partial charge in [0.15, 0.2) is 0 Å². The van der Waals surface area contributed by atoms with E-state index in [-0.39, 0.29) is 10.9 Å². The highest BCUT2D eigenvalue weighted by Gasteiger charge is 2.32. The van der Waals surface area contributed by atoms with Gasteiger partial charge in [0.05, 0.1) is 4.90 Å². The predicted molar refractivity (Wildman–Crippen MR) is 87.0 cm³/mol. The van der Waals surface area contributed by atoms with E-state index in [0.717, 1.165) is 37.7 Å². The van der Waals surface area contributed by atoms with Crippen LogP contribution in [0, 0.1) is 6.92 Å². The van der Waals surface area contributed by atoms with Crippen molar-refractivity contribution in [2.45, 2.75) is 56.9 Å². The van der Waals surface area contributed by atoms with E-state index in [9.17, 15) is 8.42 Å². The molecule has 6 heteroatoms. The number of rotatable bonds is 3. The first-order valence-corrected chi connectivity index (χ1v) is 9.27. The fraction of sp³-hybridized carbons (Fsp3) is 0.600. The Kier molecular flexibility index (Phi) is 5.17. The van der Waals surface area contributed by atoms with Crippen LogP contribution in [-0.2, 0) is 10.0 Å². The Morgan fingerprint density at radius 1 is 1.33 bits per heavy atom. The molecule has 0 aromatic heterocycles. The first-order valence-electron chi connectivity index (χ1n) is 7.45. The molecular weight excluding hydrogens is 308 g/mol.